The zero-order valence-electron chi connectivity index (χ0n) is 21.0. The van der Waals surface area contributed by atoms with E-state index in [1.165, 1.54) is 20.2 Å². The molecule has 0 bridgehead atoms. The molecule has 5 rings (SSSR count). The first-order valence-corrected chi connectivity index (χ1v) is 12.2. The van der Waals surface area contributed by atoms with Crippen molar-refractivity contribution in [3.05, 3.63) is 51.6 Å². The van der Waals surface area contributed by atoms with E-state index in [1.54, 1.807) is 12.1 Å². The Balaban J connectivity index is 0.000000361. The third-order valence-corrected chi connectivity index (χ3v) is 6.79. The molecule has 37 heavy (non-hydrogen) atoms. The minimum Gasteiger partial charge on any atom is -0.507 e. The van der Waals surface area contributed by atoms with Gasteiger partial charge in [0.05, 0.1) is 23.8 Å². The monoisotopic (exact) mass is 515 g/mol. The van der Waals surface area contributed by atoms with Gasteiger partial charge in [0.15, 0.2) is 17.9 Å². The summed E-state index contributed by atoms with van der Waals surface area (Å²) >= 11 is 0. The third-order valence-electron chi connectivity index (χ3n) is 6.79. The predicted octanol–water partition coefficient (Wildman–Crippen LogP) is 1.63. The van der Waals surface area contributed by atoms with Gasteiger partial charge in [-0.25, -0.2) is 0 Å². The van der Waals surface area contributed by atoms with Crippen molar-refractivity contribution >= 4 is 17.3 Å². The number of phenolic OH excluding ortho intramolecular Hbond substituents is 2. The van der Waals surface area contributed by atoms with Crippen molar-refractivity contribution < 1.29 is 44.3 Å². The van der Waals surface area contributed by atoms with Crippen LogP contribution in [-0.2, 0) is 22.4 Å². The van der Waals surface area contributed by atoms with Crippen LogP contribution in [0.3, 0.4) is 0 Å². The van der Waals surface area contributed by atoms with Crippen molar-refractivity contribution in [2.24, 2.45) is 11.7 Å². The van der Waals surface area contributed by atoms with Crippen molar-refractivity contribution in [3.63, 3.8) is 0 Å². The Morgan fingerprint density at radius 2 is 1.70 bits per heavy atom. The molecule has 0 radical (unpaired) electrons. The summed E-state index contributed by atoms with van der Waals surface area (Å²) in [5, 5.41) is 39.4. The van der Waals surface area contributed by atoms with Crippen molar-refractivity contribution in [1.82, 2.24) is 0 Å². The van der Waals surface area contributed by atoms with Gasteiger partial charge < -0.3 is 35.6 Å². The third kappa shape index (κ3) is 5.37. The summed E-state index contributed by atoms with van der Waals surface area (Å²) in [6.07, 6.45) is 3.29. The maximum Gasteiger partial charge on any atom is 0.202 e. The molecule has 10 nitrogen and oxygen atoms in total. The van der Waals surface area contributed by atoms with Crippen LogP contribution in [0.15, 0.2) is 18.2 Å². The highest BCUT2D eigenvalue weighted by Gasteiger charge is 2.40. The number of benzene rings is 2. The summed E-state index contributed by atoms with van der Waals surface area (Å²) in [7, 11) is 2.88. The lowest BCUT2D eigenvalue weighted by molar-refractivity contribution is -0.126. The van der Waals surface area contributed by atoms with Gasteiger partial charge in [0.1, 0.15) is 23.9 Å². The second-order valence-corrected chi connectivity index (χ2v) is 8.83. The zero-order chi connectivity index (χ0) is 27.3. The molecular weight excluding hydrogens is 482 g/mol. The average Bonchev–Trinajstić information content (AvgIpc) is 2.94. The lowest BCUT2D eigenvalue weighted by Gasteiger charge is -2.29. The van der Waals surface area contributed by atoms with Crippen LogP contribution in [0.2, 0.25) is 0 Å². The molecule has 0 aromatic heterocycles. The number of nitrogens with two attached hydrogens (primary N) is 1. The number of carbonyl (C=O) groups is 3. The summed E-state index contributed by atoms with van der Waals surface area (Å²) in [5.74, 6) is -2.56. The summed E-state index contributed by atoms with van der Waals surface area (Å²) in [4.78, 5) is 38.1. The SMILES string of the molecule is CN.COc1cccc2c1C(=O)c1c(O)c3c(c(O)c1C2=O)CC(C(=O)CO)CC3.OC1CCCCO1. The van der Waals surface area contributed by atoms with Gasteiger partial charge in [-0.05, 0) is 51.6 Å². The number of phenols is 2. The standard InChI is InChI=1S/C21H18O7.C5H10O2.CH5N/c1-28-14-4-2-3-11-15(14)21(27)17-16(19(11)25)20(26)12-7-9(13(23)8-22)5-6-10(12)18(17)24;6-5-3-1-2-4-7-5;1-2/h2-4,9,22,24,26H,5-8H2,1H3;5-6H,1-4H2;2H2,1H3. The Hall–Kier alpha value is -3.31. The first-order valence-electron chi connectivity index (χ1n) is 12.2. The first kappa shape index (κ1) is 28.3. The number of rotatable bonds is 3. The lowest BCUT2D eigenvalue weighted by atomic mass is 9.75. The highest BCUT2D eigenvalue weighted by atomic mass is 16.6. The Kier molecular flexibility index (Phi) is 9.39. The Morgan fingerprint density at radius 1 is 1.03 bits per heavy atom. The van der Waals surface area contributed by atoms with Crippen molar-refractivity contribution in [1.29, 1.82) is 0 Å². The zero-order valence-corrected chi connectivity index (χ0v) is 21.0. The number of aliphatic hydroxyl groups is 2. The average molecular weight is 516 g/mol. The topological polar surface area (TPSA) is 177 Å². The van der Waals surface area contributed by atoms with Gasteiger partial charge in [0, 0.05) is 29.2 Å². The van der Waals surface area contributed by atoms with E-state index in [0.29, 0.717) is 12.0 Å². The highest BCUT2D eigenvalue weighted by Crippen LogP contribution is 2.47. The Morgan fingerprint density at radius 3 is 2.27 bits per heavy atom. The molecule has 1 heterocycles. The van der Waals surface area contributed by atoms with E-state index in [2.05, 4.69) is 5.73 Å². The molecule has 0 amide bonds. The Bertz CT molecular complexity index is 1190. The molecule has 2 aliphatic carbocycles. The lowest BCUT2D eigenvalue weighted by Crippen LogP contribution is -2.28. The molecule has 6 N–H and O–H groups in total. The molecule has 2 atom stereocenters. The number of ketones is 3. The fourth-order valence-corrected chi connectivity index (χ4v) is 4.93. The van der Waals surface area contributed by atoms with E-state index in [9.17, 15) is 24.6 Å². The number of Topliss-reactive ketones (excluding diaryl/α,β-unsaturated/α-hetero) is 1. The Labute approximate surface area is 214 Å². The smallest absolute Gasteiger partial charge is 0.202 e. The first-order chi connectivity index (χ1) is 17.8. The van der Waals surface area contributed by atoms with Crippen LogP contribution in [0, 0.1) is 5.92 Å². The molecule has 3 aliphatic rings. The highest BCUT2D eigenvalue weighted by molar-refractivity contribution is 6.31. The number of aromatic hydroxyl groups is 2. The number of carbonyl (C=O) groups excluding carboxylic acids is 3. The molecule has 1 saturated heterocycles. The van der Waals surface area contributed by atoms with Crippen LogP contribution in [0.5, 0.6) is 17.2 Å². The van der Waals surface area contributed by atoms with Crippen molar-refractivity contribution in [2.75, 3.05) is 27.4 Å². The van der Waals surface area contributed by atoms with Gasteiger partial charge in [-0.15, -0.1) is 0 Å². The van der Waals surface area contributed by atoms with Gasteiger partial charge in [-0.1, -0.05) is 12.1 Å². The number of methoxy groups -OCH3 is 1. The maximum absolute atomic E-state index is 13.1. The quantitative estimate of drug-likeness (QED) is 0.322. The maximum atomic E-state index is 13.1. The van der Waals surface area contributed by atoms with E-state index in [0.717, 1.165) is 25.9 Å². The van der Waals surface area contributed by atoms with Crippen molar-refractivity contribution in [2.45, 2.75) is 44.8 Å². The molecule has 2 aromatic rings. The van der Waals surface area contributed by atoms with Crippen LogP contribution in [0.4, 0.5) is 0 Å². The normalized spacial score (nSPS) is 19.7. The second kappa shape index (κ2) is 12.3. The summed E-state index contributed by atoms with van der Waals surface area (Å²) < 4.78 is 10.0. The second-order valence-electron chi connectivity index (χ2n) is 8.83. The molecule has 2 unspecified atom stereocenters. The molecule has 10 heteroatoms. The van der Waals surface area contributed by atoms with E-state index in [-0.39, 0.29) is 63.7 Å². The van der Waals surface area contributed by atoms with E-state index in [4.69, 9.17) is 19.7 Å². The number of fused-ring (bicyclic) bond motifs is 3. The molecule has 1 aliphatic heterocycles. The number of ether oxygens (including phenoxy) is 2. The number of aliphatic hydroxyl groups excluding tert-OH is 2. The van der Waals surface area contributed by atoms with E-state index >= 15 is 0 Å². The van der Waals surface area contributed by atoms with Crippen molar-refractivity contribution in [3.8, 4) is 17.2 Å². The molecule has 1 fully saturated rings. The molecule has 0 spiro atoms. The predicted molar refractivity (Wildman–Crippen MR) is 133 cm³/mol. The molecule has 0 saturated carbocycles. The van der Waals surface area contributed by atoms with Gasteiger partial charge >= 0.3 is 0 Å². The van der Waals surface area contributed by atoms with Gasteiger partial charge in [-0.2, -0.15) is 0 Å². The molecule has 200 valence electrons. The van der Waals surface area contributed by atoms with Gasteiger partial charge in [0.2, 0.25) is 5.78 Å². The largest absolute Gasteiger partial charge is 0.507 e. The summed E-state index contributed by atoms with van der Waals surface area (Å²) in [5.41, 5.74) is 4.80. The summed E-state index contributed by atoms with van der Waals surface area (Å²) in [6, 6.07) is 4.59. The van der Waals surface area contributed by atoms with Crippen LogP contribution in [0.25, 0.3) is 0 Å². The van der Waals surface area contributed by atoms with Gasteiger partial charge in [-0.3, -0.25) is 14.4 Å². The van der Waals surface area contributed by atoms with Crippen LogP contribution in [-0.4, -0.2) is 71.4 Å². The van der Waals surface area contributed by atoms with Crippen LogP contribution >= 0.6 is 0 Å². The molecular formula is C27H33NO9. The summed E-state index contributed by atoms with van der Waals surface area (Å²) in [6.45, 7) is 0.128. The minimum atomic E-state index is -0.609. The van der Waals surface area contributed by atoms with Gasteiger partial charge in [0.25, 0.3) is 0 Å². The van der Waals surface area contributed by atoms with Crippen LogP contribution < -0.4 is 10.5 Å². The fraction of sp³-hybridized carbons (Fsp3) is 0.444. The number of hydrogen-bond donors (Lipinski definition) is 5. The van der Waals surface area contributed by atoms with E-state index in [1.807, 2.05) is 0 Å². The van der Waals surface area contributed by atoms with Crippen LogP contribution in [0.1, 0.15) is 68.7 Å². The number of hydrogen-bond acceptors (Lipinski definition) is 10. The minimum absolute atomic E-state index is 0.0568. The van der Waals surface area contributed by atoms with E-state index < -0.39 is 30.4 Å². The fourth-order valence-electron chi connectivity index (χ4n) is 4.93. The molecule has 2 aromatic carbocycles.